The van der Waals surface area contributed by atoms with Crippen LogP contribution >= 0.6 is 15.9 Å². The number of anilines is 2. The van der Waals surface area contributed by atoms with Gasteiger partial charge in [-0.3, -0.25) is 0 Å². The van der Waals surface area contributed by atoms with Crippen LogP contribution in [0.2, 0.25) is 0 Å². The van der Waals surface area contributed by atoms with E-state index >= 15 is 0 Å². The fourth-order valence-corrected chi connectivity index (χ4v) is 1.87. The lowest BCUT2D eigenvalue weighted by atomic mass is 10.2. The van der Waals surface area contributed by atoms with Crippen LogP contribution in [-0.4, -0.2) is 24.1 Å². The second-order valence-corrected chi connectivity index (χ2v) is 4.70. The Bertz CT molecular complexity index is 545. The van der Waals surface area contributed by atoms with Crippen molar-refractivity contribution in [1.29, 1.82) is 0 Å². The van der Waals surface area contributed by atoms with Crippen LogP contribution in [-0.2, 0) is 6.54 Å². The van der Waals surface area contributed by atoms with Gasteiger partial charge >= 0.3 is 0 Å². The van der Waals surface area contributed by atoms with Crippen LogP contribution in [0.3, 0.4) is 0 Å². The summed E-state index contributed by atoms with van der Waals surface area (Å²) in [6, 6.07) is 7.90. The van der Waals surface area contributed by atoms with E-state index in [1.54, 1.807) is 20.4 Å². The summed E-state index contributed by atoms with van der Waals surface area (Å²) < 4.78 is 5.96. The van der Waals surface area contributed by atoms with Gasteiger partial charge in [-0.15, -0.1) is 0 Å². The highest BCUT2D eigenvalue weighted by Crippen LogP contribution is 2.21. The van der Waals surface area contributed by atoms with Crippen molar-refractivity contribution in [1.82, 2.24) is 9.97 Å². The molecule has 0 atom stereocenters. The quantitative estimate of drug-likeness (QED) is 0.886. The van der Waals surface area contributed by atoms with E-state index in [-0.39, 0.29) is 0 Å². The molecule has 5 nitrogen and oxygen atoms in total. The maximum absolute atomic E-state index is 5.12. The van der Waals surface area contributed by atoms with Crippen LogP contribution in [0.25, 0.3) is 0 Å². The van der Waals surface area contributed by atoms with E-state index in [4.69, 9.17) is 4.74 Å². The number of hydrogen-bond acceptors (Lipinski definition) is 5. The highest BCUT2D eigenvalue weighted by Gasteiger charge is 2.04. The van der Waals surface area contributed by atoms with Crippen molar-refractivity contribution >= 4 is 27.7 Å². The van der Waals surface area contributed by atoms with E-state index in [2.05, 4.69) is 36.5 Å². The van der Waals surface area contributed by atoms with Crippen molar-refractivity contribution in [3.8, 4) is 5.75 Å². The number of nitrogens with zero attached hydrogens (tertiary/aromatic N) is 2. The standard InChI is InChI=1S/C13H15BrN4O/c1-15-13-17-8-11(14)12(18-13)16-7-9-3-5-10(19-2)6-4-9/h3-6,8H,7H2,1-2H3,(H2,15,16,17,18). The fraction of sp³-hybridized carbons (Fsp3) is 0.231. The molecule has 0 radical (unpaired) electrons. The first kappa shape index (κ1) is 13.6. The third-order valence-electron chi connectivity index (χ3n) is 2.59. The zero-order valence-electron chi connectivity index (χ0n) is 10.8. The smallest absolute Gasteiger partial charge is 0.224 e. The Balaban J connectivity index is 2.05. The molecule has 1 aromatic heterocycles. The first-order valence-corrected chi connectivity index (χ1v) is 6.59. The molecule has 0 aliphatic rings. The Morgan fingerprint density at radius 2 is 2.00 bits per heavy atom. The van der Waals surface area contributed by atoms with Gasteiger partial charge in [-0.25, -0.2) is 4.98 Å². The molecule has 2 aromatic rings. The summed E-state index contributed by atoms with van der Waals surface area (Å²) in [5.41, 5.74) is 1.15. The summed E-state index contributed by atoms with van der Waals surface area (Å²) >= 11 is 3.42. The molecule has 0 fully saturated rings. The summed E-state index contributed by atoms with van der Waals surface area (Å²) in [6.45, 7) is 0.683. The fourth-order valence-electron chi connectivity index (χ4n) is 1.54. The maximum Gasteiger partial charge on any atom is 0.224 e. The number of ether oxygens (including phenoxy) is 1. The summed E-state index contributed by atoms with van der Waals surface area (Å²) in [5.74, 6) is 2.19. The van der Waals surface area contributed by atoms with Crippen LogP contribution < -0.4 is 15.4 Å². The number of nitrogens with one attached hydrogen (secondary N) is 2. The van der Waals surface area contributed by atoms with Crippen molar-refractivity contribution in [2.24, 2.45) is 0 Å². The number of aromatic nitrogens is 2. The van der Waals surface area contributed by atoms with E-state index < -0.39 is 0 Å². The average molecular weight is 323 g/mol. The van der Waals surface area contributed by atoms with Gasteiger partial charge in [-0.2, -0.15) is 4.98 Å². The van der Waals surface area contributed by atoms with Gasteiger partial charge in [0.1, 0.15) is 11.6 Å². The molecule has 0 bridgehead atoms. The van der Waals surface area contributed by atoms with E-state index in [0.717, 1.165) is 21.6 Å². The van der Waals surface area contributed by atoms with E-state index in [1.807, 2.05) is 24.3 Å². The van der Waals surface area contributed by atoms with Crippen LogP contribution in [0.1, 0.15) is 5.56 Å². The third-order valence-corrected chi connectivity index (χ3v) is 3.17. The van der Waals surface area contributed by atoms with Gasteiger partial charge in [0.05, 0.1) is 11.6 Å². The minimum Gasteiger partial charge on any atom is -0.497 e. The maximum atomic E-state index is 5.12. The number of halogens is 1. The van der Waals surface area contributed by atoms with Crippen molar-refractivity contribution in [2.45, 2.75) is 6.54 Å². The molecule has 1 heterocycles. The SMILES string of the molecule is CNc1ncc(Br)c(NCc2ccc(OC)cc2)n1. The molecule has 100 valence electrons. The monoisotopic (exact) mass is 322 g/mol. The molecule has 0 saturated heterocycles. The minimum atomic E-state index is 0.584. The Morgan fingerprint density at radius 3 is 2.63 bits per heavy atom. The van der Waals surface area contributed by atoms with Gasteiger partial charge in [0.15, 0.2) is 0 Å². The van der Waals surface area contributed by atoms with Gasteiger partial charge in [-0.05, 0) is 33.6 Å². The van der Waals surface area contributed by atoms with Crippen molar-refractivity contribution < 1.29 is 4.74 Å². The van der Waals surface area contributed by atoms with Crippen LogP contribution in [0, 0.1) is 0 Å². The topological polar surface area (TPSA) is 59.1 Å². The van der Waals surface area contributed by atoms with Gasteiger partial charge in [0.2, 0.25) is 5.95 Å². The van der Waals surface area contributed by atoms with Gasteiger partial charge < -0.3 is 15.4 Å². The molecule has 2 N–H and O–H groups in total. The van der Waals surface area contributed by atoms with Crippen LogP contribution in [0.5, 0.6) is 5.75 Å². The minimum absolute atomic E-state index is 0.584. The molecule has 0 spiro atoms. The molecule has 19 heavy (non-hydrogen) atoms. The third kappa shape index (κ3) is 3.57. The molecule has 2 rings (SSSR count). The number of hydrogen-bond donors (Lipinski definition) is 2. The molecular weight excluding hydrogens is 308 g/mol. The summed E-state index contributed by atoms with van der Waals surface area (Å²) in [4.78, 5) is 8.44. The molecule has 0 amide bonds. The Labute approximate surface area is 120 Å². The van der Waals surface area contributed by atoms with Gasteiger partial charge in [0.25, 0.3) is 0 Å². The Morgan fingerprint density at radius 1 is 1.26 bits per heavy atom. The number of methoxy groups -OCH3 is 1. The molecule has 0 aliphatic heterocycles. The zero-order chi connectivity index (χ0) is 13.7. The van der Waals surface area contributed by atoms with Crippen LogP contribution in [0.4, 0.5) is 11.8 Å². The van der Waals surface area contributed by atoms with Crippen molar-refractivity contribution in [3.63, 3.8) is 0 Å². The highest BCUT2D eigenvalue weighted by atomic mass is 79.9. The number of benzene rings is 1. The largest absolute Gasteiger partial charge is 0.497 e. The zero-order valence-corrected chi connectivity index (χ0v) is 12.4. The summed E-state index contributed by atoms with van der Waals surface area (Å²) in [6.07, 6.45) is 1.72. The second kappa shape index (κ2) is 6.38. The van der Waals surface area contributed by atoms with E-state index in [9.17, 15) is 0 Å². The number of rotatable bonds is 5. The molecule has 0 aliphatic carbocycles. The second-order valence-electron chi connectivity index (χ2n) is 3.84. The molecule has 0 saturated carbocycles. The molecule has 6 heteroatoms. The lowest BCUT2D eigenvalue weighted by Crippen LogP contribution is -2.05. The van der Waals surface area contributed by atoms with Gasteiger partial charge in [0, 0.05) is 19.8 Å². The van der Waals surface area contributed by atoms with Gasteiger partial charge in [-0.1, -0.05) is 12.1 Å². The van der Waals surface area contributed by atoms with Crippen molar-refractivity contribution in [2.75, 3.05) is 24.8 Å². The predicted molar refractivity (Wildman–Crippen MR) is 79.6 cm³/mol. The Kier molecular flexibility index (Phi) is 4.57. The molecule has 0 unspecified atom stereocenters. The highest BCUT2D eigenvalue weighted by molar-refractivity contribution is 9.10. The lowest BCUT2D eigenvalue weighted by Gasteiger charge is -2.09. The normalized spacial score (nSPS) is 10.1. The summed E-state index contributed by atoms with van der Waals surface area (Å²) in [7, 11) is 3.45. The lowest BCUT2D eigenvalue weighted by molar-refractivity contribution is 0.414. The summed E-state index contributed by atoms with van der Waals surface area (Å²) in [5, 5.41) is 6.17. The van der Waals surface area contributed by atoms with Crippen LogP contribution in [0.15, 0.2) is 34.9 Å². The predicted octanol–water partition coefficient (Wildman–Crippen LogP) is 2.90. The van der Waals surface area contributed by atoms with Crippen molar-refractivity contribution in [3.05, 3.63) is 40.5 Å². The molecular formula is C13H15BrN4O. The molecule has 1 aromatic carbocycles. The average Bonchev–Trinajstić information content (AvgIpc) is 2.47. The first-order valence-electron chi connectivity index (χ1n) is 5.80. The van der Waals surface area contributed by atoms with E-state index in [1.165, 1.54) is 0 Å². The Hall–Kier alpha value is -1.82. The van der Waals surface area contributed by atoms with E-state index in [0.29, 0.717) is 12.5 Å². The first-order chi connectivity index (χ1) is 9.22.